The maximum absolute atomic E-state index is 13.5. The van der Waals surface area contributed by atoms with Crippen molar-refractivity contribution in [2.24, 2.45) is 0 Å². The van der Waals surface area contributed by atoms with Crippen molar-refractivity contribution >= 4 is 27.5 Å². The number of carbonyl (C=O) groups is 1. The summed E-state index contributed by atoms with van der Waals surface area (Å²) >= 11 is 3.16. The van der Waals surface area contributed by atoms with Crippen molar-refractivity contribution in [1.82, 2.24) is 0 Å². The zero-order chi connectivity index (χ0) is 12.3. The molecule has 3 nitrogen and oxygen atoms in total. The summed E-state index contributed by atoms with van der Waals surface area (Å²) in [5.74, 6) is -0.727. The number of anilines is 1. The smallest absolute Gasteiger partial charge is 0.253 e. The molecule has 1 aromatic carbocycles. The fourth-order valence-corrected chi connectivity index (χ4v) is 2.08. The Bertz CT molecular complexity index is 419. The summed E-state index contributed by atoms with van der Waals surface area (Å²) in [4.78, 5) is 11.8. The van der Waals surface area contributed by atoms with Crippen LogP contribution in [0.15, 0.2) is 22.7 Å². The van der Waals surface area contributed by atoms with Gasteiger partial charge in [0.05, 0.1) is 5.69 Å². The number of rotatable bonds is 2. The Morgan fingerprint density at radius 1 is 1.47 bits per heavy atom. The molecule has 0 aliphatic carbocycles. The lowest BCUT2D eigenvalue weighted by Gasteiger charge is -2.21. The number of amides is 1. The van der Waals surface area contributed by atoms with Crippen molar-refractivity contribution in [2.45, 2.75) is 25.4 Å². The molecule has 5 heteroatoms. The van der Waals surface area contributed by atoms with Crippen LogP contribution in [-0.2, 0) is 9.53 Å². The maximum Gasteiger partial charge on any atom is 0.253 e. The minimum atomic E-state index is -0.455. The van der Waals surface area contributed by atoms with Gasteiger partial charge in [-0.1, -0.05) is 15.9 Å². The lowest BCUT2D eigenvalue weighted by molar-refractivity contribution is -0.130. The normalized spacial score (nSPS) is 20.0. The third kappa shape index (κ3) is 3.26. The van der Waals surface area contributed by atoms with Crippen molar-refractivity contribution in [3.63, 3.8) is 0 Å². The van der Waals surface area contributed by atoms with Crippen LogP contribution in [0.3, 0.4) is 0 Å². The van der Waals surface area contributed by atoms with Crippen molar-refractivity contribution in [2.75, 3.05) is 11.9 Å². The molecule has 1 fully saturated rings. The Morgan fingerprint density at radius 2 is 2.29 bits per heavy atom. The monoisotopic (exact) mass is 301 g/mol. The lowest BCUT2D eigenvalue weighted by atomic mass is 10.1. The van der Waals surface area contributed by atoms with Crippen molar-refractivity contribution < 1.29 is 13.9 Å². The zero-order valence-electron chi connectivity index (χ0n) is 9.21. The van der Waals surface area contributed by atoms with E-state index in [4.69, 9.17) is 4.74 Å². The standard InChI is InChI=1S/C12H13BrFNO2/c13-8-4-5-10(9(14)7-8)15-12(16)11-3-1-2-6-17-11/h4-5,7,11H,1-3,6H2,(H,15,16). The minimum absolute atomic E-state index is 0.187. The van der Waals surface area contributed by atoms with Gasteiger partial charge in [0.15, 0.2) is 0 Å². The molecule has 17 heavy (non-hydrogen) atoms. The first-order valence-electron chi connectivity index (χ1n) is 5.54. The highest BCUT2D eigenvalue weighted by Crippen LogP contribution is 2.21. The summed E-state index contributed by atoms with van der Waals surface area (Å²) in [6.45, 7) is 0.598. The molecule has 1 amide bonds. The first kappa shape index (κ1) is 12.5. The first-order valence-corrected chi connectivity index (χ1v) is 6.33. The molecular formula is C12H13BrFNO2. The van der Waals surface area contributed by atoms with Crippen LogP contribution in [0.1, 0.15) is 19.3 Å². The molecule has 0 spiro atoms. The van der Waals surface area contributed by atoms with Crippen LogP contribution in [0.4, 0.5) is 10.1 Å². The van der Waals surface area contributed by atoms with Crippen LogP contribution < -0.4 is 5.32 Å². The maximum atomic E-state index is 13.5. The summed E-state index contributed by atoms with van der Waals surface area (Å²) in [5.41, 5.74) is 0.187. The van der Waals surface area contributed by atoms with Crippen molar-refractivity contribution in [1.29, 1.82) is 0 Å². The fourth-order valence-electron chi connectivity index (χ4n) is 1.75. The van der Waals surface area contributed by atoms with Gasteiger partial charge in [-0.05, 0) is 37.5 Å². The second-order valence-corrected chi connectivity index (χ2v) is 4.88. The second-order valence-electron chi connectivity index (χ2n) is 3.97. The summed E-state index contributed by atoms with van der Waals surface area (Å²) in [5, 5.41) is 2.55. The van der Waals surface area contributed by atoms with E-state index in [1.807, 2.05) is 0 Å². The summed E-state index contributed by atoms with van der Waals surface area (Å²) in [6, 6.07) is 4.53. The molecule has 1 aliphatic heterocycles. The Labute approximate surface area is 107 Å². The Hall–Kier alpha value is -0.940. The molecular weight excluding hydrogens is 289 g/mol. The predicted octanol–water partition coefficient (Wildman–Crippen LogP) is 3.10. The van der Waals surface area contributed by atoms with Crippen LogP contribution in [0.2, 0.25) is 0 Å². The van der Waals surface area contributed by atoms with Gasteiger partial charge < -0.3 is 10.1 Å². The molecule has 1 unspecified atom stereocenters. The third-order valence-electron chi connectivity index (χ3n) is 2.66. The third-order valence-corrected chi connectivity index (χ3v) is 3.15. The number of carbonyl (C=O) groups excluding carboxylic acids is 1. The Kier molecular flexibility index (Phi) is 4.12. The highest BCUT2D eigenvalue weighted by Gasteiger charge is 2.22. The van der Waals surface area contributed by atoms with Gasteiger partial charge in [-0.25, -0.2) is 4.39 Å². The van der Waals surface area contributed by atoms with Gasteiger partial charge in [0, 0.05) is 11.1 Å². The van der Waals surface area contributed by atoms with Gasteiger partial charge in [0.2, 0.25) is 0 Å². The molecule has 1 N–H and O–H groups in total. The van der Waals surface area contributed by atoms with Gasteiger partial charge in [-0.3, -0.25) is 4.79 Å². The van der Waals surface area contributed by atoms with Gasteiger partial charge >= 0.3 is 0 Å². The van der Waals surface area contributed by atoms with E-state index in [0.717, 1.165) is 12.8 Å². The van der Waals surface area contributed by atoms with E-state index < -0.39 is 11.9 Å². The first-order chi connectivity index (χ1) is 8.16. The van der Waals surface area contributed by atoms with Gasteiger partial charge in [0.1, 0.15) is 11.9 Å². The van der Waals surface area contributed by atoms with Crippen molar-refractivity contribution in [3.8, 4) is 0 Å². The fraction of sp³-hybridized carbons (Fsp3) is 0.417. The van der Waals surface area contributed by atoms with Crippen LogP contribution >= 0.6 is 15.9 Å². The van der Waals surface area contributed by atoms with E-state index in [-0.39, 0.29) is 11.6 Å². The van der Waals surface area contributed by atoms with E-state index in [2.05, 4.69) is 21.2 Å². The minimum Gasteiger partial charge on any atom is -0.368 e. The quantitative estimate of drug-likeness (QED) is 0.911. The molecule has 1 saturated heterocycles. The van der Waals surface area contributed by atoms with Crippen molar-refractivity contribution in [3.05, 3.63) is 28.5 Å². The highest BCUT2D eigenvalue weighted by molar-refractivity contribution is 9.10. The molecule has 1 aliphatic rings. The Balaban J connectivity index is 2.02. The molecule has 0 bridgehead atoms. The molecule has 2 rings (SSSR count). The van der Waals surface area contributed by atoms with Gasteiger partial charge in [0.25, 0.3) is 5.91 Å². The topological polar surface area (TPSA) is 38.3 Å². The largest absolute Gasteiger partial charge is 0.368 e. The molecule has 0 saturated carbocycles. The highest BCUT2D eigenvalue weighted by atomic mass is 79.9. The van der Waals surface area contributed by atoms with Crippen LogP contribution in [0.5, 0.6) is 0 Å². The number of nitrogens with one attached hydrogen (secondary N) is 1. The summed E-state index contributed by atoms with van der Waals surface area (Å²) < 4.78 is 19.5. The van der Waals surface area contributed by atoms with Crippen LogP contribution in [0, 0.1) is 5.82 Å². The number of ether oxygens (including phenoxy) is 1. The van der Waals surface area contributed by atoms with E-state index in [1.165, 1.54) is 12.1 Å². The summed E-state index contributed by atoms with van der Waals surface area (Å²) in [7, 11) is 0. The van der Waals surface area contributed by atoms with E-state index in [0.29, 0.717) is 17.5 Å². The Morgan fingerprint density at radius 3 is 2.94 bits per heavy atom. The average molecular weight is 302 g/mol. The molecule has 1 aromatic rings. The second kappa shape index (κ2) is 5.60. The van der Waals surface area contributed by atoms with Crippen LogP contribution in [-0.4, -0.2) is 18.6 Å². The number of hydrogen-bond donors (Lipinski definition) is 1. The number of halogens is 2. The molecule has 0 radical (unpaired) electrons. The molecule has 1 heterocycles. The number of hydrogen-bond acceptors (Lipinski definition) is 2. The SMILES string of the molecule is O=C(Nc1ccc(Br)cc1F)C1CCCCO1. The predicted molar refractivity (Wildman–Crippen MR) is 66.3 cm³/mol. The van der Waals surface area contributed by atoms with E-state index in [9.17, 15) is 9.18 Å². The number of benzene rings is 1. The molecule has 92 valence electrons. The van der Waals surface area contributed by atoms with E-state index in [1.54, 1.807) is 6.07 Å². The van der Waals surface area contributed by atoms with E-state index >= 15 is 0 Å². The summed E-state index contributed by atoms with van der Waals surface area (Å²) in [6.07, 6.45) is 2.20. The average Bonchev–Trinajstić information content (AvgIpc) is 2.34. The molecule has 0 aromatic heterocycles. The van der Waals surface area contributed by atoms with Gasteiger partial charge in [-0.2, -0.15) is 0 Å². The van der Waals surface area contributed by atoms with Gasteiger partial charge in [-0.15, -0.1) is 0 Å². The lowest BCUT2D eigenvalue weighted by Crippen LogP contribution is -2.33. The molecule has 1 atom stereocenters. The van der Waals surface area contributed by atoms with Crippen LogP contribution in [0.25, 0.3) is 0 Å². The zero-order valence-corrected chi connectivity index (χ0v) is 10.8.